The Balaban J connectivity index is 3.53. The number of hydrogen-bond acceptors (Lipinski definition) is 2. The monoisotopic (exact) mass is 314 g/mol. The first-order valence-electron chi connectivity index (χ1n) is 2.84. The molecular weight excluding hydrogens is 312 g/mol. The average molecular weight is 316 g/mol. The van der Waals surface area contributed by atoms with Crippen molar-refractivity contribution < 1.29 is 13.0 Å². The number of hydrogen-bond donors (Lipinski definition) is 1. The first kappa shape index (κ1) is 10.2. The Labute approximate surface area is 86.8 Å². The highest BCUT2D eigenvalue weighted by Crippen LogP contribution is 2.28. The maximum absolute atomic E-state index is 10.8. The van der Waals surface area contributed by atoms with Crippen molar-refractivity contribution in [3.63, 3.8) is 0 Å². The number of rotatable bonds is 1. The Morgan fingerprint density at radius 2 is 1.58 bits per heavy atom. The van der Waals surface area contributed by atoms with Gasteiger partial charge in [-0.1, -0.05) is 6.07 Å². The van der Waals surface area contributed by atoms with E-state index in [-0.39, 0.29) is 4.90 Å². The molecule has 0 amide bonds. The highest BCUT2D eigenvalue weighted by atomic mass is 79.9. The van der Waals surface area contributed by atoms with Crippen LogP contribution in [0, 0.1) is 0 Å². The van der Waals surface area contributed by atoms with Crippen LogP contribution in [-0.4, -0.2) is 13.0 Å². The minimum absolute atomic E-state index is 0.148. The lowest BCUT2D eigenvalue weighted by Crippen LogP contribution is -1.99. The van der Waals surface area contributed by atoms with Gasteiger partial charge in [-0.25, -0.2) is 0 Å². The van der Waals surface area contributed by atoms with Gasteiger partial charge in [0.05, 0.1) is 0 Å². The van der Waals surface area contributed by atoms with Gasteiger partial charge in [-0.15, -0.1) is 0 Å². The number of halogens is 2. The SMILES string of the molecule is O=S(=O)(O)c1c(Br)cccc1Br. The molecule has 0 atom stereocenters. The summed E-state index contributed by atoms with van der Waals surface area (Å²) in [5, 5.41) is 0. The van der Waals surface area contributed by atoms with Crippen molar-refractivity contribution in [2.24, 2.45) is 0 Å². The van der Waals surface area contributed by atoms with E-state index in [1.54, 1.807) is 6.07 Å². The van der Waals surface area contributed by atoms with Gasteiger partial charge in [0.25, 0.3) is 10.1 Å². The number of benzene rings is 1. The second kappa shape index (κ2) is 3.45. The third-order valence-electron chi connectivity index (χ3n) is 1.18. The lowest BCUT2D eigenvalue weighted by molar-refractivity contribution is 0.482. The summed E-state index contributed by atoms with van der Waals surface area (Å²) in [7, 11) is -4.16. The molecule has 1 rings (SSSR count). The lowest BCUT2D eigenvalue weighted by atomic mass is 10.4. The third kappa shape index (κ3) is 2.07. The standard InChI is InChI=1S/C6H4Br2O3S/c7-4-2-1-3-5(8)6(4)12(9,10)11/h1-3H,(H,9,10,11). The summed E-state index contributed by atoms with van der Waals surface area (Å²) in [4.78, 5) is -0.148. The van der Waals surface area contributed by atoms with E-state index < -0.39 is 10.1 Å². The summed E-state index contributed by atoms with van der Waals surface area (Å²) in [6.07, 6.45) is 0. The van der Waals surface area contributed by atoms with Crippen LogP contribution in [0.2, 0.25) is 0 Å². The zero-order valence-electron chi connectivity index (χ0n) is 5.66. The third-order valence-corrected chi connectivity index (χ3v) is 3.98. The zero-order valence-corrected chi connectivity index (χ0v) is 9.65. The van der Waals surface area contributed by atoms with E-state index in [0.29, 0.717) is 8.95 Å². The minimum Gasteiger partial charge on any atom is -0.282 e. The van der Waals surface area contributed by atoms with E-state index in [1.807, 2.05) is 0 Å². The van der Waals surface area contributed by atoms with Crippen molar-refractivity contribution in [2.45, 2.75) is 4.90 Å². The fourth-order valence-corrected chi connectivity index (χ4v) is 3.58. The molecule has 0 spiro atoms. The van der Waals surface area contributed by atoms with Crippen LogP contribution in [0.3, 0.4) is 0 Å². The first-order valence-corrected chi connectivity index (χ1v) is 5.87. The summed E-state index contributed by atoms with van der Waals surface area (Å²) in [6.45, 7) is 0. The molecular formula is C6H4Br2O3S. The Bertz CT molecular complexity index is 379. The van der Waals surface area contributed by atoms with Crippen LogP contribution in [0.5, 0.6) is 0 Å². The first-order chi connectivity index (χ1) is 5.43. The molecule has 6 heteroatoms. The quantitative estimate of drug-likeness (QED) is 0.810. The van der Waals surface area contributed by atoms with E-state index in [0.717, 1.165) is 0 Å². The fraction of sp³-hybridized carbons (Fsp3) is 0. The van der Waals surface area contributed by atoms with Crippen molar-refractivity contribution in [2.75, 3.05) is 0 Å². The van der Waals surface area contributed by atoms with Crippen LogP contribution in [-0.2, 0) is 10.1 Å². The van der Waals surface area contributed by atoms with Crippen molar-refractivity contribution in [1.82, 2.24) is 0 Å². The molecule has 1 aromatic rings. The van der Waals surface area contributed by atoms with Crippen LogP contribution in [0.15, 0.2) is 32.0 Å². The van der Waals surface area contributed by atoms with Crippen molar-refractivity contribution in [1.29, 1.82) is 0 Å². The van der Waals surface area contributed by atoms with E-state index in [1.165, 1.54) is 12.1 Å². The molecule has 0 aliphatic rings. The van der Waals surface area contributed by atoms with Crippen molar-refractivity contribution in [3.05, 3.63) is 27.1 Å². The van der Waals surface area contributed by atoms with Gasteiger partial charge in [-0.05, 0) is 44.0 Å². The predicted octanol–water partition coefficient (Wildman–Crippen LogP) is 2.46. The molecule has 0 fully saturated rings. The van der Waals surface area contributed by atoms with Gasteiger partial charge in [-0.2, -0.15) is 8.42 Å². The van der Waals surface area contributed by atoms with E-state index in [2.05, 4.69) is 31.9 Å². The predicted molar refractivity (Wildman–Crippen MR) is 51.7 cm³/mol. The molecule has 0 aromatic heterocycles. The maximum Gasteiger partial charge on any atom is 0.296 e. The minimum atomic E-state index is -4.16. The Morgan fingerprint density at radius 1 is 1.17 bits per heavy atom. The topological polar surface area (TPSA) is 54.4 Å². The van der Waals surface area contributed by atoms with Crippen LogP contribution in [0.25, 0.3) is 0 Å². The van der Waals surface area contributed by atoms with E-state index >= 15 is 0 Å². The molecule has 12 heavy (non-hydrogen) atoms. The van der Waals surface area contributed by atoms with Gasteiger partial charge < -0.3 is 0 Å². The van der Waals surface area contributed by atoms with Crippen LogP contribution < -0.4 is 0 Å². The zero-order chi connectivity index (χ0) is 9.35. The van der Waals surface area contributed by atoms with Gasteiger partial charge >= 0.3 is 0 Å². The largest absolute Gasteiger partial charge is 0.296 e. The summed E-state index contributed by atoms with van der Waals surface area (Å²) in [6, 6.07) is 4.73. The Morgan fingerprint density at radius 3 is 1.83 bits per heavy atom. The van der Waals surface area contributed by atoms with Gasteiger partial charge in [0, 0.05) is 8.95 Å². The normalized spacial score (nSPS) is 11.6. The second-order valence-electron chi connectivity index (χ2n) is 2.03. The van der Waals surface area contributed by atoms with Crippen LogP contribution in [0.4, 0.5) is 0 Å². The van der Waals surface area contributed by atoms with E-state index in [9.17, 15) is 8.42 Å². The highest BCUT2D eigenvalue weighted by molar-refractivity contribution is 9.11. The molecule has 0 heterocycles. The lowest BCUT2D eigenvalue weighted by Gasteiger charge is -2.01. The molecule has 0 saturated carbocycles. The molecule has 0 aliphatic heterocycles. The van der Waals surface area contributed by atoms with Crippen molar-refractivity contribution >= 4 is 42.0 Å². The summed E-state index contributed by atoms with van der Waals surface area (Å²) < 4.78 is 31.0. The van der Waals surface area contributed by atoms with Gasteiger partial charge in [0.15, 0.2) is 0 Å². The maximum atomic E-state index is 10.8. The van der Waals surface area contributed by atoms with Crippen molar-refractivity contribution in [3.8, 4) is 0 Å². The Hall–Kier alpha value is 0.0900. The van der Waals surface area contributed by atoms with E-state index in [4.69, 9.17) is 4.55 Å². The van der Waals surface area contributed by atoms with Gasteiger partial charge in [0.1, 0.15) is 4.90 Å². The molecule has 0 bridgehead atoms. The van der Waals surface area contributed by atoms with Crippen LogP contribution >= 0.6 is 31.9 Å². The second-order valence-corrected chi connectivity index (χ2v) is 5.09. The molecule has 0 unspecified atom stereocenters. The molecule has 0 aliphatic carbocycles. The summed E-state index contributed by atoms with van der Waals surface area (Å²) >= 11 is 6.03. The summed E-state index contributed by atoms with van der Waals surface area (Å²) in [5.74, 6) is 0. The molecule has 1 N–H and O–H groups in total. The van der Waals surface area contributed by atoms with Gasteiger partial charge in [-0.3, -0.25) is 4.55 Å². The summed E-state index contributed by atoms with van der Waals surface area (Å²) in [5.41, 5.74) is 0. The molecule has 0 radical (unpaired) electrons. The van der Waals surface area contributed by atoms with Crippen LogP contribution in [0.1, 0.15) is 0 Å². The molecule has 3 nitrogen and oxygen atoms in total. The van der Waals surface area contributed by atoms with Gasteiger partial charge in [0.2, 0.25) is 0 Å². The molecule has 66 valence electrons. The fourth-order valence-electron chi connectivity index (χ4n) is 0.729. The smallest absolute Gasteiger partial charge is 0.282 e. The Kier molecular flexibility index (Phi) is 2.92. The highest BCUT2D eigenvalue weighted by Gasteiger charge is 2.17. The molecule has 0 saturated heterocycles. The average Bonchev–Trinajstić information content (AvgIpc) is 1.82. The molecule has 1 aromatic carbocycles.